The molecule has 5 heteroatoms. The maximum absolute atomic E-state index is 11.5. The van der Waals surface area contributed by atoms with E-state index in [1.807, 2.05) is 6.08 Å². The summed E-state index contributed by atoms with van der Waals surface area (Å²) in [6, 6.07) is -0.0368. The fraction of sp³-hybridized carbons (Fsp3) is 0.600. The fourth-order valence-electron chi connectivity index (χ4n) is 1.37. The van der Waals surface area contributed by atoms with E-state index >= 15 is 0 Å². The average Bonchev–Trinajstić information content (AvgIpc) is 2.60. The van der Waals surface area contributed by atoms with Crippen LogP contribution in [0.2, 0.25) is 0 Å². The molecule has 0 saturated heterocycles. The fourth-order valence-corrected chi connectivity index (χ4v) is 1.37. The highest BCUT2D eigenvalue weighted by molar-refractivity contribution is 5.86. The maximum Gasteiger partial charge on any atom is 0.241 e. The van der Waals surface area contributed by atoms with Crippen molar-refractivity contribution >= 4 is 11.8 Å². The number of carbonyl (C=O) groups excluding carboxylic acids is 2. The SMILES string of the molecule is CN(C)C(=O)CNC(=O)C1C=CC(N)C1. The lowest BCUT2D eigenvalue weighted by molar-refractivity contribution is -0.131. The summed E-state index contributed by atoms with van der Waals surface area (Å²) in [7, 11) is 3.31. The summed E-state index contributed by atoms with van der Waals surface area (Å²) >= 11 is 0. The Bertz CT molecular complexity index is 286. The van der Waals surface area contributed by atoms with Crippen LogP contribution >= 0.6 is 0 Å². The van der Waals surface area contributed by atoms with Gasteiger partial charge < -0.3 is 16.0 Å². The van der Waals surface area contributed by atoms with Gasteiger partial charge in [0.05, 0.1) is 12.5 Å². The van der Waals surface area contributed by atoms with E-state index in [-0.39, 0.29) is 30.3 Å². The maximum atomic E-state index is 11.5. The zero-order valence-electron chi connectivity index (χ0n) is 9.06. The van der Waals surface area contributed by atoms with Crippen LogP contribution in [0.4, 0.5) is 0 Å². The Morgan fingerprint density at radius 3 is 2.60 bits per heavy atom. The van der Waals surface area contributed by atoms with Gasteiger partial charge in [0.25, 0.3) is 0 Å². The zero-order chi connectivity index (χ0) is 11.4. The summed E-state index contributed by atoms with van der Waals surface area (Å²) in [5.41, 5.74) is 5.63. The van der Waals surface area contributed by atoms with Gasteiger partial charge in [0.15, 0.2) is 0 Å². The highest BCUT2D eigenvalue weighted by Crippen LogP contribution is 2.15. The molecule has 84 valence electrons. The van der Waals surface area contributed by atoms with Gasteiger partial charge in [-0.15, -0.1) is 0 Å². The molecule has 2 amide bonds. The highest BCUT2D eigenvalue weighted by atomic mass is 16.2. The molecular weight excluding hydrogens is 194 g/mol. The van der Waals surface area contributed by atoms with Gasteiger partial charge in [-0.2, -0.15) is 0 Å². The van der Waals surface area contributed by atoms with E-state index in [4.69, 9.17) is 5.73 Å². The molecule has 0 aromatic heterocycles. The van der Waals surface area contributed by atoms with Crippen LogP contribution in [-0.4, -0.2) is 43.4 Å². The third-order valence-electron chi connectivity index (χ3n) is 2.37. The lowest BCUT2D eigenvalue weighted by atomic mass is 10.1. The molecule has 5 nitrogen and oxygen atoms in total. The first-order chi connectivity index (χ1) is 7.00. The summed E-state index contributed by atoms with van der Waals surface area (Å²) in [6.07, 6.45) is 4.24. The third kappa shape index (κ3) is 3.36. The molecule has 2 unspecified atom stereocenters. The monoisotopic (exact) mass is 211 g/mol. The summed E-state index contributed by atoms with van der Waals surface area (Å²) in [5, 5.41) is 2.59. The Hall–Kier alpha value is -1.36. The van der Waals surface area contributed by atoms with Crippen molar-refractivity contribution in [3.05, 3.63) is 12.2 Å². The molecule has 1 aliphatic carbocycles. The van der Waals surface area contributed by atoms with Gasteiger partial charge in [-0.25, -0.2) is 0 Å². The molecule has 0 fully saturated rings. The van der Waals surface area contributed by atoms with Gasteiger partial charge in [0, 0.05) is 20.1 Å². The first-order valence-electron chi connectivity index (χ1n) is 4.92. The molecule has 0 spiro atoms. The molecule has 3 N–H and O–H groups in total. The zero-order valence-corrected chi connectivity index (χ0v) is 9.06. The molecule has 0 heterocycles. The van der Waals surface area contributed by atoms with E-state index in [0.717, 1.165) is 0 Å². The number of amides is 2. The van der Waals surface area contributed by atoms with Crippen LogP contribution in [0.25, 0.3) is 0 Å². The van der Waals surface area contributed by atoms with Gasteiger partial charge >= 0.3 is 0 Å². The summed E-state index contributed by atoms with van der Waals surface area (Å²) in [4.78, 5) is 24.2. The van der Waals surface area contributed by atoms with Crippen molar-refractivity contribution in [1.29, 1.82) is 0 Å². The second-order valence-electron chi connectivity index (χ2n) is 3.90. The molecule has 0 aliphatic heterocycles. The second-order valence-corrected chi connectivity index (χ2v) is 3.90. The Kier molecular flexibility index (Phi) is 3.85. The Balaban J connectivity index is 2.31. The molecule has 15 heavy (non-hydrogen) atoms. The van der Waals surface area contributed by atoms with Gasteiger partial charge in [-0.05, 0) is 6.42 Å². The number of nitrogens with zero attached hydrogens (tertiary/aromatic N) is 1. The summed E-state index contributed by atoms with van der Waals surface area (Å²) in [5.74, 6) is -0.431. The van der Waals surface area contributed by atoms with Crippen molar-refractivity contribution in [2.45, 2.75) is 12.5 Å². The van der Waals surface area contributed by atoms with Crippen LogP contribution in [0, 0.1) is 5.92 Å². The normalized spacial score (nSPS) is 23.9. The van der Waals surface area contributed by atoms with E-state index in [1.165, 1.54) is 4.90 Å². The number of carbonyl (C=O) groups is 2. The second kappa shape index (κ2) is 4.93. The number of nitrogens with one attached hydrogen (secondary N) is 1. The number of rotatable bonds is 3. The molecule has 0 saturated carbocycles. The molecule has 0 bridgehead atoms. The van der Waals surface area contributed by atoms with Crippen molar-refractivity contribution in [2.75, 3.05) is 20.6 Å². The van der Waals surface area contributed by atoms with Crippen molar-refractivity contribution in [2.24, 2.45) is 11.7 Å². The van der Waals surface area contributed by atoms with Crippen LogP contribution in [0.15, 0.2) is 12.2 Å². The van der Waals surface area contributed by atoms with Gasteiger partial charge in [-0.3, -0.25) is 9.59 Å². The number of nitrogens with two attached hydrogens (primary N) is 1. The molecule has 0 aromatic rings. The van der Waals surface area contributed by atoms with Crippen LogP contribution in [-0.2, 0) is 9.59 Å². The Morgan fingerprint density at radius 2 is 2.13 bits per heavy atom. The predicted molar refractivity (Wildman–Crippen MR) is 56.9 cm³/mol. The van der Waals surface area contributed by atoms with E-state index in [1.54, 1.807) is 20.2 Å². The minimum Gasteiger partial charge on any atom is -0.347 e. The van der Waals surface area contributed by atoms with Crippen molar-refractivity contribution < 1.29 is 9.59 Å². The van der Waals surface area contributed by atoms with Gasteiger partial charge in [0.1, 0.15) is 0 Å². The van der Waals surface area contributed by atoms with Crippen LogP contribution < -0.4 is 11.1 Å². The lowest BCUT2D eigenvalue weighted by Crippen LogP contribution is -2.38. The molecule has 1 rings (SSSR count). The van der Waals surface area contributed by atoms with E-state index in [9.17, 15) is 9.59 Å². The number of hydrogen-bond acceptors (Lipinski definition) is 3. The predicted octanol–water partition coefficient (Wildman–Crippen LogP) is -0.906. The van der Waals surface area contributed by atoms with Crippen molar-refractivity contribution in [3.8, 4) is 0 Å². The van der Waals surface area contributed by atoms with Gasteiger partial charge in [0.2, 0.25) is 11.8 Å². The standard InChI is InChI=1S/C10H17N3O2/c1-13(2)9(14)6-12-10(15)7-3-4-8(11)5-7/h3-4,7-8H,5-6,11H2,1-2H3,(H,12,15). The minimum absolute atomic E-state index is 0.0368. The summed E-state index contributed by atoms with van der Waals surface area (Å²) < 4.78 is 0. The highest BCUT2D eigenvalue weighted by Gasteiger charge is 2.22. The first kappa shape index (κ1) is 11.7. The Labute approximate surface area is 89.3 Å². The molecular formula is C10H17N3O2. The third-order valence-corrected chi connectivity index (χ3v) is 2.37. The molecule has 1 aliphatic rings. The van der Waals surface area contributed by atoms with Gasteiger partial charge in [-0.1, -0.05) is 12.2 Å². The smallest absolute Gasteiger partial charge is 0.241 e. The number of hydrogen-bond donors (Lipinski definition) is 2. The minimum atomic E-state index is -0.185. The lowest BCUT2D eigenvalue weighted by Gasteiger charge is -2.13. The van der Waals surface area contributed by atoms with E-state index in [0.29, 0.717) is 6.42 Å². The van der Waals surface area contributed by atoms with E-state index < -0.39 is 0 Å². The quantitative estimate of drug-likeness (QED) is 0.594. The number of likely N-dealkylation sites (N-methyl/N-ethyl adjacent to an activating group) is 1. The van der Waals surface area contributed by atoms with Crippen molar-refractivity contribution in [1.82, 2.24) is 10.2 Å². The molecule has 0 aromatic carbocycles. The largest absolute Gasteiger partial charge is 0.347 e. The van der Waals surface area contributed by atoms with Crippen molar-refractivity contribution in [3.63, 3.8) is 0 Å². The van der Waals surface area contributed by atoms with E-state index in [2.05, 4.69) is 5.32 Å². The molecule has 2 atom stereocenters. The topological polar surface area (TPSA) is 75.4 Å². The first-order valence-corrected chi connectivity index (χ1v) is 4.92. The summed E-state index contributed by atoms with van der Waals surface area (Å²) in [6.45, 7) is 0.0470. The van der Waals surface area contributed by atoms with Crippen LogP contribution in [0.1, 0.15) is 6.42 Å². The van der Waals surface area contributed by atoms with Crippen LogP contribution in [0.5, 0.6) is 0 Å². The van der Waals surface area contributed by atoms with Crippen LogP contribution in [0.3, 0.4) is 0 Å². The average molecular weight is 211 g/mol. The molecule has 0 radical (unpaired) electrons. The Morgan fingerprint density at radius 1 is 1.47 bits per heavy atom.